The zero-order valence-electron chi connectivity index (χ0n) is 8.05. The van der Waals surface area contributed by atoms with Gasteiger partial charge in [-0.15, -0.1) is 0 Å². The summed E-state index contributed by atoms with van der Waals surface area (Å²) < 4.78 is 0. The Labute approximate surface area is 75.4 Å². The van der Waals surface area contributed by atoms with Crippen LogP contribution in [0, 0.1) is 0 Å². The second-order valence-electron chi connectivity index (χ2n) is 4.01. The van der Waals surface area contributed by atoms with Crippen molar-refractivity contribution in [2.45, 2.75) is 45.1 Å². The van der Waals surface area contributed by atoms with Crippen LogP contribution in [-0.2, 0) is 0 Å². The number of rotatable bonds is 0. The van der Waals surface area contributed by atoms with Gasteiger partial charge in [0.25, 0.3) is 0 Å². The van der Waals surface area contributed by atoms with Crippen molar-refractivity contribution in [1.82, 2.24) is 4.90 Å². The first-order valence-electron chi connectivity index (χ1n) is 5.31. The Morgan fingerprint density at radius 3 is 2.92 bits per heavy atom. The Bertz CT molecular complexity index is 181. The van der Waals surface area contributed by atoms with Gasteiger partial charge in [0, 0.05) is 6.04 Å². The van der Waals surface area contributed by atoms with Gasteiger partial charge < -0.3 is 0 Å². The van der Waals surface area contributed by atoms with E-state index in [9.17, 15) is 0 Å². The van der Waals surface area contributed by atoms with E-state index in [1.54, 1.807) is 5.57 Å². The summed E-state index contributed by atoms with van der Waals surface area (Å²) in [7, 11) is 0. The summed E-state index contributed by atoms with van der Waals surface area (Å²) in [5, 5.41) is 0. The average Bonchev–Trinajstić information content (AvgIpc) is 2.17. The van der Waals surface area contributed by atoms with Crippen molar-refractivity contribution >= 4 is 0 Å². The molecule has 1 heteroatoms. The van der Waals surface area contributed by atoms with Crippen LogP contribution in [0.4, 0.5) is 0 Å². The molecular formula is C11H19N. The van der Waals surface area contributed by atoms with E-state index >= 15 is 0 Å². The maximum absolute atomic E-state index is 2.68. The molecule has 2 heterocycles. The molecule has 0 aromatic rings. The van der Waals surface area contributed by atoms with Crippen LogP contribution < -0.4 is 0 Å². The van der Waals surface area contributed by atoms with E-state index in [1.807, 2.05) is 0 Å². The van der Waals surface area contributed by atoms with Gasteiger partial charge in [0.05, 0.1) is 0 Å². The molecule has 68 valence electrons. The van der Waals surface area contributed by atoms with Crippen LogP contribution in [0.3, 0.4) is 0 Å². The van der Waals surface area contributed by atoms with Gasteiger partial charge in [0.15, 0.2) is 0 Å². The van der Waals surface area contributed by atoms with E-state index in [4.69, 9.17) is 0 Å². The van der Waals surface area contributed by atoms with E-state index in [1.165, 1.54) is 45.2 Å². The molecule has 0 aromatic carbocycles. The van der Waals surface area contributed by atoms with Gasteiger partial charge in [-0.05, 0) is 45.7 Å². The summed E-state index contributed by atoms with van der Waals surface area (Å²) in [5.74, 6) is 0. The molecule has 2 saturated heterocycles. The van der Waals surface area contributed by atoms with Crippen molar-refractivity contribution in [3.63, 3.8) is 0 Å². The molecule has 2 aliphatic heterocycles. The minimum Gasteiger partial charge on any atom is -0.297 e. The molecule has 0 aliphatic carbocycles. The summed E-state index contributed by atoms with van der Waals surface area (Å²) in [6, 6.07) is 0.831. The highest BCUT2D eigenvalue weighted by molar-refractivity contribution is 5.13. The molecule has 0 bridgehead atoms. The molecule has 0 spiro atoms. The van der Waals surface area contributed by atoms with Gasteiger partial charge in [0.1, 0.15) is 0 Å². The average molecular weight is 165 g/mol. The van der Waals surface area contributed by atoms with E-state index in [-0.39, 0.29) is 0 Å². The normalized spacial score (nSPS) is 35.1. The summed E-state index contributed by atoms with van der Waals surface area (Å²) in [4.78, 5) is 2.68. The molecule has 1 nitrogen and oxygen atoms in total. The molecule has 2 aliphatic rings. The first-order chi connectivity index (χ1) is 5.92. The topological polar surface area (TPSA) is 3.24 Å². The SMILES string of the molecule is C/C=C1\CCCN2CCCCC12. The summed E-state index contributed by atoms with van der Waals surface area (Å²) in [5.41, 5.74) is 1.71. The maximum atomic E-state index is 2.68. The molecule has 0 N–H and O–H groups in total. The zero-order valence-corrected chi connectivity index (χ0v) is 8.05. The van der Waals surface area contributed by atoms with Gasteiger partial charge in [-0.2, -0.15) is 0 Å². The number of fused-ring (bicyclic) bond motifs is 1. The van der Waals surface area contributed by atoms with Crippen molar-refractivity contribution in [1.29, 1.82) is 0 Å². The van der Waals surface area contributed by atoms with Crippen LogP contribution in [-0.4, -0.2) is 24.0 Å². The first-order valence-corrected chi connectivity index (χ1v) is 5.31. The van der Waals surface area contributed by atoms with Crippen LogP contribution in [0.5, 0.6) is 0 Å². The minimum atomic E-state index is 0.831. The summed E-state index contributed by atoms with van der Waals surface area (Å²) in [6.07, 6.45) is 9.38. The molecule has 0 saturated carbocycles. The van der Waals surface area contributed by atoms with Crippen molar-refractivity contribution in [3.8, 4) is 0 Å². The molecule has 12 heavy (non-hydrogen) atoms. The van der Waals surface area contributed by atoms with Gasteiger partial charge in [-0.1, -0.05) is 18.1 Å². The molecule has 1 unspecified atom stereocenters. The standard InChI is InChI=1S/C11H19N/c1-2-10-6-5-9-12-8-4-3-7-11(10)12/h2,11H,3-9H2,1H3/b10-2+. The Morgan fingerprint density at radius 1 is 1.25 bits per heavy atom. The van der Waals surface area contributed by atoms with Crippen LogP contribution in [0.25, 0.3) is 0 Å². The van der Waals surface area contributed by atoms with E-state index in [0.29, 0.717) is 0 Å². The molecule has 2 rings (SSSR count). The Morgan fingerprint density at radius 2 is 2.08 bits per heavy atom. The molecule has 0 radical (unpaired) electrons. The van der Waals surface area contributed by atoms with Crippen molar-refractivity contribution in [2.24, 2.45) is 0 Å². The fourth-order valence-corrected chi connectivity index (χ4v) is 2.67. The van der Waals surface area contributed by atoms with Gasteiger partial charge in [0.2, 0.25) is 0 Å². The number of hydrogen-bond donors (Lipinski definition) is 0. The third-order valence-electron chi connectivity index (χ3n) is 3.32. The lowest BCUT2D eigenvalue weighted by atomic mass is 9.88. The Kier molecular flexibility index (Phi) is 2.50. The predicted molar refractivity (Wildman–Crippen MR) is 52.2 cm³/mol. The maximum Gasteiger partial charge on any atom is 0.0307 e. The van der Waals surface area contributed by atoms with Gasteiger partial charge >= 0.3 is 0 Å². The van der Waals surface area contributed by atoms with Crippen LogP contribution in [0.2, 0.25) is 0 Å². The lowest BCUT2D eigenvalue weighted by Crippen LogP contribution is -2.44. The summed E-state index contributed by atoms with van der Waals surface area (Å²) in [6.45, 7) is 4.90. The van der Waals surface area contributed by atoms with E-state index < -0.39 is 0 Å². The highest BCUT2D eigenvalue weighted by Crippen LogP contribution is 2.29. The van der Waals surface area contributed by atoms with E-state index in [2.05, 4.69) is 17.9 Å². The Balaban J connectivity index is 2.09. The summed E-state index contributed by atoms with van der Waals surface area (Å²) >= 11 is 0. The van der Waals surface area contributed by atoms with E-state index in [0.717, 1.165) is 6.04 Å². The molecule has 2 fully saturated rings. The van der Waals surface area contributed by atoms with Gasteiger partial charge in [-0.3, -0.25) is 4.90 Å². The lowest BCUT2D eigenvalue weighted by molar-refractivity contribution is 0.147. The number of piperidine rings is 2. The second kappa shape index (κ2) is 3.61. The van der Waals surface area contributed by atoms with Gasteiger partial charge in [-0.25, -0.2) is 0 Å². The number of allylic oxidation sites excluding steroid dienone is 1. The van der Waals surface area contributed by atoms with Crippen LogP contribution >= 0.6 is 0 Å². The largest absolute Gasteiger partial charge is 0.297 e. The van der Waals surface area contributed by atoms with Crippen molar-refractivity contribution < 1.29 is 0 Å². The quantitative estimate of drug-likeness (QED) is 0.499. The fourth-order valence-electron chi connectivity index (χ4n) is 2.67. The number of hydrogen-bond acceptors (Lipinski definition) is 1. The van der Waals surface area contributed by atoms with Crippen molar-refractivity contribution in [3.05, 3.63) is 11.6 Å². The second-order valence-corrected chi connectivity index (χ2v) is 4.01. The molecule has 0 amide bonds. The lowest BCUT2D eigenvalue weighted by Gasteiger charge is -2.41. The van der Waals surface area contributed by atoms with Crippen molar-refractivity contribution in [2.75, 3.05) is 13.1 Å². The highest BCUT2D eigenvalue weighted by atomic mass is 15.2. The fraction of sp³-hybridized carbons (Fsp3) is 0.818. The first kappa shape index (κ1) is 8.31. The molecule has 0 aromatic heterocycles. The third kappa shape index (κ3) is 1.42. The highest BCUT2D eigenvalue weighted by Gasteiger charge is 2.27. The molecule has 1 atom stereocenters. The molecular weight excluding hydrogens is 146 g/mol. The zero-order chi connectivity index (χ0) is 8.39. The minimum absolute atomic E-state index is 0.831. The number of nitrogens with zero attached hydrogens (tertiary/aromatic N) is 1. The Hall–Kier alpha value is -0.300. The smallest absolute Gasteiger partial charge is 0.0307 e. The third-order valence-corrected chi connectivity index (χ3v) is 3.32. The van der Waals surface area contributed by atoms with Crippen LogP contribution in [0.15, 0.2) is 11.6 Å². The van der Waals surface area contributed by atoms with Crippen LogP contribution in [0.1, 0.15) is 39.0 Å². The monoisotopic (exact) mass is 165 g/mol. The predicted octanol–water partition coefficient (Wildman–Crippen LogP) is 2.58.